The summed E-state index contributed by atoms with van der Waals surface area (Å²) < 4.78 is 31.1. The summed E-state index contributed by atoms with van der Waals surface area (Å²) >= 11 is 0. The van der Waals surface area contributed by atoms with Crippen LogP contribution in [0.4, 0.5) is 5.69 Å². The summed E-state index contributed by atoms with van der Waals surface area (Å²) in [5.41, 5.74) is 2.05. The third-order valence-corrected chi connectivity index (χ3v) is 7.42. The number of carbonyl (C=O) groups is 1. The molecule has 164 valence electrons. The van der Waals surface area contributed by atoms with Crippen molar-refractivity contribution < 1.29 is 17.9 Å². The molecular weight excluding hydrogens is 416 g/mol. The number of amides is 1. The van der Waals surface area contributed by atoms with Crippen molar-refractivity contribution in [2.24, 2.45) is 0 Å². The summed E-state index contributed by atoms with van der Waals surface area (Å²) in [6, 6.07) is 13.1. The van der Waals surface area contributed by atoms with Gasteiger partial charge in [-0.2, -0.15) is 0 Å². The average molecular weight is 443 g/mol. The fourth-order valence-electron chi connectivity index (χ4n) is 3.69. The molecule has 1 aliphatic heterocycles. The highest BCUT2D eigenvalue weighted by Crippen LogP contribution is 2.23. The Bertz CT molecular complexity index is 1130. The number of hydrogen-bond donors (Lipinski definition) is 1. The molecular formula is C22H26N4O4S. The number of pyridine rings is 1. The molecule has 4 rings (SSSR count). The topological polar surface area (TPSA) is 95.6 Å². The minimum Gasteiger partial charge on any atom is -0.474 e. The van der Waals surface area contributed by atoms with Gasteiger partial charge in [0, 0.05) is 49.9 Å². The van der Waals surface area contributed by atoms with Gasteiger partial charge in [-0.1, -0.05) is 18.2 Å². The minimum atomic E-state index is -3.32. The van der Waals surface area contributed by atoms with E-state index in [1.165, 1.54) is 17.5 Å². The van der Waals surface area contributed by atoms with Crippen LogP contribution in [0.2, 0.25) is 0 Å². The SMILES string of the molecule is CCS(=O)(=O)N(C)c1ccc(OC2CCN(C(=O)c3cc4ccccc4[nH]3)CC2)nc1. The Balaban J connectivity index is 1.33. The molecule has 0 bridgehead atoms. The predicted octanol–water partition coefficient (Wildman–Crippen LogP) is 3.03. The van der Waals surface area contributed by atoms with Crippen molar-refractivity contribution in [2.75, 3.05) is 30.2 Å². The summed E-state index contributed by atoms with van der Waals surface area (Å²) in [5.74, 6) is 0.473. The number of aromatic amines is 1. The molecule has 0 radical (unpaired) electrons. The van der Waals surface area contributed by atoms with Gasteiger partial charge in [-0.3, -0.25) is 9.10 Å². The zero-order valence-electron chi connectivity index (χ0n) is 17.6. The van der Waals surface area contributed by atoms with Crippen molar-refractivity contribution >= 4 is 32.5 Å². The Morgan fingerprint density at radius 2 is 1.97 bits per heavy atom. The highest BCUT2D eigenvalue weighted by atomic mass is 32.2. The van der Waals surface area contributed by atoms with Crippen molar-refractivity contribution in [3.8, 4) is 5.88 Å². The molecule has 1 saturated heterocycles. The molecule has 8 nitrogen and oxygen atoms in total. The Kier molecular flexibility index (Phi) is 5.86. The second-order valence-corrected chi connectivity index (χ2v) is 9.89. The van der Waals surface area contributed by atoms with Gasteiger partial charge in [0.15, 0.2) is 0 Å². The smallest absolute Gasteiger partial charge is 0.270 e. The van der Waals surface area contributed by atoms with Crippen LogP contribution in [0.3, 0.4) is 0 Å². The second kappa shape index (κ2) is 8.58. The first-order valence-electron chi connectivity index (χ1n) is 10.3. The molecule has 1 fully saturated rings. The molecule has 2 aromatic heterocycles. The molecule has 3 heterocycles. The number of likely N-dealkylation sites (tertiary alicyclic amines) is 1. The van der Waals surface area contributed by atoms with E-state index in [9.17, 15) is 13.2 Å². The van der Waals surface area contributed by atoms with E-state index in [0.29, 0.717) is 43.2 Å². The van der Waals surface area contributed by atoms with Crippen LogP contribution in [-0.2, 0) is 10.0 Å². The van der Waals surface area contributed by atoms with Gasteiger partial charge in [0.05, 0.1) is 17.6 Å². The van der Waals surface area contributed by atoms with E-state index < -0.39 is 10.0 Å². The number of aromatic nitrogens is 2. The van der Waals surface area contributed by atoms with Crippen LogP contribution in [0.15, 0.2) is 48.7 Å². The van der Waals surface area contributed by atoms with Crippen LogP contribution < -0.4 is 9.04 Å². The number of carbonyl (C=O) groups excluding carboxylic acids is 1. The summed E-state index contributed by atoms with van der Waals surface area (Å²) in [4.78, 5) is 22.1. The number of nitrogens with zero attached hydrogens (tertiary/aromatic N) is 3. The van der Waals surface area contributed by atoms with Gasteiger partial charge in [-0.05, 0) is 25.1 Å². The number of sulfonamides is 1. The third kappa shape index (κ3) is 4.51. The van der Waals surface area contributed by atoms with Crippen molar-refractivity contribution in [2.45, 2.75) is 25.9 Å². The Morgan fingerprint density at radius 1 is 1.23 bits per heavy atom. The lowest BCUT2D eigenvalue weighted by Gasteiger charge is -2.31. The van der Waals surface area contributed by atoms with E-state index in [0.717, 1.165) is 10.9 Å². The molecule has 1 N–H and O–H groups in total. The first-order valence-corrected chi connectivity index (χ1v) is 11.9. The van der Waals surface area contributed by atoms with E-state index in [-0.39, 0.29) is 17.8 Å². The Morgan fingerprint density at radius 3 is 2.61 bits per heavy atom. The Labute approximate surface area is 181 Å². The van der Waals surface area contributed by atoms with Crippen molar-refractivity contribution in [1.82, 2.24) is 14.9 Å². The van der Waals surface area contributed by atoms with Crippen molar-refractivity contribution in [3.63, 3.8) is 0 Å². The van der Waals surface area contributed by atoms with E-state index in [2.05, 4.69) is 9.97 Å². The van der Waals surface area contributed by atoms with Crippen molar-refractivity contribution in [1.29, 1.82) is 0 Å². The predicted molar refractivity (Wildman–Crippen MR) is 120 cm³/mol. The quantitative estimate of drug-likeness (QED) is 0.633. The van der Waals surface area contributed by atoms with E-state index in [1.807, 2.05) is 35.2 Å². The number of H-pyrrole nitrogens is 1. The largest absolute Gasteiger partial charge is 0.474 e. The van der Waals surface area contributed by atoms with Gasteiger partial charge < -0.3 is 14.6 Å². The van der Waals surface area contributed by atoms with Crippen LogP contribution in [0.1, 0.15) is 30.3 Å². The van der Waals surface area contributed by atoms with E-state index in [1.54, 1.807) is 19.1 Å². The van der Waals surface area contributed by atoms with Gasteiger partial charge in [-0.15, -0.1) is 0 Å². The first-order chi connectivity index (χ1) is 14.9. The van der Waals surface area contributed by atoms with Gasteiger partial charge in [0.2, 0.25) is 15.9 Å². The first kappa shape index (κ1) is 21.2. The molecule has 1 amide bonds. The number of anilines is 1. The number of rotatable bonds is 6. The highest BCUT2D eigenvalue weighted by Gasteiger charge is 2.26. The molecule has 1 aromatic carbocycles. The minimum absolute atomic E-state index is 0.00250. The van der Waals surface area contributed by atoms with E-state index in [4.69, 9.17) is 4.74 Å². The van der Waals surface area contributed by atoms with Gasteiger partial charge in [0.1, 0.15) is 11.8 Å². The molecule has 0 unspecified atom stereocenters. The van der Waals surface area contributed by atoms with Gasteiger partial charge >= 0.3 is 0 Å². The summed E-state index contributed by atoms with van der Waals surface area (Å²) in [6.07, 6.45) is 2.87. The monoisotopic (exact) mass is 442 g/mol. The molecule has 0 saturated carbocycles. The lowest BCUT2D eigenvalue weighted by molar-refractivity contribution is 0.0583. The molecule has 0 atom stereocenters. The molecule has 3 aromatic rings. The maximum atomic E-state index is 12.8. The van der Waals surface area contributed by atoms with Gasteiger partial charge in [0.25, 0.3) is 5.91 Å². The molecule has 0 spiro atoms. The molecule has 31 heavy (non-hydrogen) atoms. The second-order valence-electron chi connectivity index (χ2n) is 7.60. The van der Waals surface area contributed by atoms with E-state index >= 15 is 0 Å². The number of piperidine rings is 1. The Hall–Kier alpha value is -3.07. The molecule has 0 aliphatic carbocycles. The lowest BCUT2D eigenvalue weighted by Crippen LogP contribution is -2.42. The zero-order chi connectivity index (χ0) is 22.0. The maximum Gasteiger partial charge on any atom is 0.270 e. The number of ether oxygens (including phenoxy) is 1. The fraction of sp³-hybridized carbons (Fsp3) is 0.364. The van der Waals surface area contributed by atoms with Crippen LogP contribution in [0.25, 0.3) is 10.9 Å². The standard InChI is InChI=1S/C22H26N4O4S/c1-3-31(28,29)25(2)17-8-9-21(23-15-17)30-18-10-12-26(13-11-18)22(27)20-14-16-6-4-5-7-19(16)24-20/h4-9,14-15,18,24H,3,10-13H2,1-2H3. The van der Waals surface area contributed by atoms with Gasteiger partial charge in [-0.25, -0.2) is 13.4 Å². The normalized spacial score (nSPS) is 15.2. The van der Waals surface area contributed by atoms with Crippen LogP contribution >= 0.6 is 0 Å². The summed E-state index contributed by atoms with van der Waals surface area (Å²) in [7, 11) is -1.81. The lowest BCUT2D eigenvalue weighted by atomic mass is 10.1. The average Bonchev–Trinajstić information content (AvgIpc) is 3.23. The van der Waals surface area contributed by atoms with Crippen molar-refractivity contribution in [3.05, 3.63) is 54.4 Å². The number of fused-ring (bicyclic) bond motifs is 1. The fourth-order valence-corrected chi connectivity index (χ4v) is 4.51. The highest BCUT2D eigenvalue weighted by molar-refractivity contribution is 7.92. The number of hydrogen-bond acceptors (Lipinski definition) is 5. The van der Waals surface area contributed by atoms with Crippen LogP contribution in [-0.4, -0.2) is 61.2 Å². The summed E-state index contributed by atoms with van der Waals surface area (Å²) in [5, 5.41) is 1.02. The molecule has 1 aliphatic rings. The third-order valence-electron chi connectivity index (χ3n) is 5.64. The zero-order valence-corrected chi connectivity index (χ0v) is 18.4. The maximum absolute atomic E-state index is 12.8. The van der Waals surface area contributed by atoms with Crippen LogP contribution in [0.5, 0.6) is 5.88 Å². The summed E-state index contributed by atoms with van der Waals surface area (Å²) in [6.45, 7) is 2.81. The number of para-hydroxylation sites is 1. The number of nitrogens with one attached hydrogen (secondary N) is 1. The molecule has 9 heteroatoms. The van der Waals surface area contributed by atoms with Crippen LogP contribution in [0, 0.1) is 0 Å². The number of benzene rings is 1.